The molecule has 0 aromatic carbocycles. The Morgan fingerprint density at radius 1 is 0.812 bits per heavy atom. The first-order chi connectivity index (χ1) is 22.4. The highest BCUT2D eigenvalue weighted by atomic mass is 16.7. The van der Waals surface area contributed by atoms with Gasteiger partial charge in [0, 0.05) is 20.3 Å². The number of nitrogens with one attached hydrogen (secondary N) is 4. The zero-order valence-corrected chi connectivity index (χ0v) is 26.7. The molecule has 0 aliphatic carbocycles. The molecule has 2 aliphatic heterocycles. The Kier molecular flexibility index (Phi) is 15.5. The summed E-state index contributed by atoms with van der Waals surface area (Å²) in [6, 6.07) is -5.74. The number of aliphatic carboxylic acids is 1. The summed E-state index contributed by atoms with van der Waals surface area (Å²) in [5.41, 5.74) is 5.04. The van der Waals surface area contributed by atoms with Crippen LogP contribution >= 0.6 is 0 Å². The van der Waals surface area contributed by atoms with Crippen molar-refractivity contribution in [3.05, 3.63) is 0 Å². The second kappa shape index (κ2) is 18.3. The lowest BCUT2D eigenvalue weighted by Gasteiger charge is -2.48. The van der Waals surface area contributed by atoms with Gasteiger partial charge in [0.2, 0.25) is 29.5 Å². The van der Waals surface area contributed by atoms with Crippen LogP contribution < -0.4 is 27.0 Å². The molecule has 21 nitrogen and oxygen atoms in total. The number of aliphatic hydroxyl groups excluding tert-OH is 5. The van der Waals surface area contributed by atoms with Crippen molar-refractivity contribution < 1.29 is 78.4 Å². The Hall–Kier alpha value is -3.54. The standard InChI is InChI=1S/C27H45N5O16/c1-9(23(40)32-13(25(42)43)5-6-16(28)37)29-24(41)10(2)45-22-18(31-12(4)36)26(44)46-15(8-34)21(22)48-27-17(30-11(3)35)20(39)19(38)14(7-33)47-27/h9-10,13-15,17-22,26-27,33-34,38-39,44H,5-8H2,1-4H3,(H2,28,37)(H,29,41)(H,30,35)(H,31,36)(H,32,40)(H,42,43)/t9-,10+,13+,14+,15+,17+,18+,19+,20+,21+,22+,26?,27-/m0/s1. The van der Waals surface area contributed by atoms with Gasteiger partial charge in [0.05, 0.1) is 13.2 Å². The third-order valence-electron chi connectivity index (χ3n) is 7.53. The first kappa shape index (κ1) is 40.6. The number of nitrogens with two attached hydrogens (primary N) is 1. The molecule has 0 bridgehead atoms. The molecule has 2 rings (SSSR count). The average Bonchev–Trinajstić information content (AvgIpc) is 3.00. The molecule has 0 spiro atoms. The van der Waals surface area contributed by atoms with Gasteiger partial charge in [-0.3, -0.25) is 24.0 Å². The van der Waals surface area contributed by atoms with Gasteiger partial charge in [-0.25, -0.2) is 4.79 Å². The van der Waals surface area contributed by atoms with Crippen LogP contribution in [0.15, 0.2) is 0 Å². The Balaban J connectivity index is 2.34. The molecule has 5 amide bonds. The zero-order valence-electron chi connectivity index (χ0n) is 26.7. The number of amides is 5. The number of rotatable bonds is 16. The number of primary amides is 1. The Morgan fingerprint density at radius 3 is 1.92 bits per heavy atom. The van der Waals surface area contributed by atoms with E-state index in [1.165, 1.54) is 13.8 Å². The van der Waals surface area contributed by atoms with E-state index in [0.29, 0.717) is 0 Å². The van der Waals surface area contributed by atoms with Crippen molar-refractivity contribution in [2.24, 2.45) is 5.73 Å². The highest BCUT2D eigenvalue weighted by Gasteiger charge is 2.52. The van der Waals surface area contributed by atoms with Crippen LogP contribution in [-0.4, -0.2) is 159 Å². The van der Waals surface area contributed by atoms with Gasteiger partial charge in [-0.1, -0.05) is 0 Å². The monoisotopic (exact) mass is 695 g/mol. The van der Waals surface area contributed by atoms with Crippen LogP contribution in [0.2, 0.25) is 0 Å². The number of carbonyl (C=O) groups is 6. The van der Waals surface area contributed by atoms with Crippen molar-refractivity contribution in [1.82, 2.24) is 21.3 Å². The van der Waals surface area contributed by atoms with Gasteiger partial charge in [-0.05, 0) is 20.3 Å². The van der Waals surface area contributed by atoms with Gasteiger partial charge in [-0.15, -0.1) is 0 Å². The summed E-state index contributed by atoms with van der Waals surface area (Å²) >= 11 is 0. The predicted molar refractivity (Wildman–Crippen MR) is 156 cm³/mol. The minimum absolute atomic E-state index is 0.302. The minimum atomic E-state index is -1.83. The zero-order chi connectivity index (χ0) is 36.5. The molecular formula is C27H45N5O16. The number of carboxylic acid groups (broad SMARTS) is 1. The third-order valence-corrected chi connectivity index (χ3v) is 7.53. The molecule has 12 N–H and O–H groups in total. The molecule has 1 unspecified atom stereocenters. The largest absolute Gasteiger partial charge is 0.480 e. The second-order valence-corrected chi connectivity index (χ2v) is 11.4. The van der Waals surface area contributed by atoms with Crippen LogP contribution in [0.3, 0.4) is 0 Å². The first-order valence-corrected chi connectivity index (χ1v) is 15.0. The van der Waals surface area contributed by atoms with Gasteiger partial charge in [0.1, 0.15) is 66.9 Å². The van der Waals surface area contributed by atoms with Crippen molar-refractivity contribution in [3.63, 3.8) is 0 Å². The molecule has 0 radical (unpaired) electrons. The number of carbonyl (C=O) groups excluding carboxylic acids is 5. The Bertz CT molecular complexity index is 1160. The SMILES string of the molecule is CC(=O)N[C@H]1[C@H](O[C@H]2[C@H](O[C@H](C)C(=O)N[C@@H](C)C(=O)N[C@H](CCC(N)=O)C(=O)O)[C@@H](NC(C)=O)C(O)O[C@@H]2CO)O[C@H](CO)[C@@H](O)[C@@H]1O. The van der Waals surface area contributed by atoms with Crippen molar-refractivity contribution in [1.29, 1.82) is 0 Å². The maximum Gasteiger partial charge on any atom is 0.326 e. The van der Waals surface area contributed by atoms with Crippen LogP contribution in [-0.2, 0) is 47.7 Å². The fourth-order valence-electron chi connectivity index (χ4n) is 5.06. The fourth-order valence-corrected chi connectivity index (χ4v) is 5.06. The van der Waals surface area contributed by atoms with Crippen molar-refractivity contribution >= 4 is 35.5 Å². The molecule has 21 heteroatoms. The van der Waals surface area contributed by atoms with Crippen LogP contribution in [0, 0.1) is 0 Å². The van der Waals surface area contributed by atoms with Crippen molar-refractivity contribution in [2.75, 3.05) is 13.2 Å². The average molecular weight is 696 g/mol. The van der Waals surface area contributed by atoms with Crippen LogP contribution in [0.1, 0.15) is 40.5 Å². The van der Waals surface area contributed by atoms with Gasteiger partial charge in [0.15, 0.2) is 12.6 Å². The smallest absolute Gasteiger partial charge is 0.326 e. The lowest BCUT2D eigenvalue weighted by atomic mass is 9.94. The van der Waals surface area contributed by atoms with Crippen LogP contribution in [0.4, 0.5) is 0 Å². The molecule has 2 fully saturated rings. The molecule has 0 aromatic rings. The van der Waals surface area contributed by atoms with Crippen molar-refractivity contribution in [3.8, 4) is 0 Å². The highest BCUT2D eigenvalue weighted by molar-refractivity contribution is 5.91. The molecule has 13 atom stereocenters. The molecule has 48 heavy (non-hydrogen) atoms. The van der Waals surface area contributed by atoms with E-state index in [4.69, 9.17) is 24.7 Å². The quantitative estimate of drug-likeness (QED) is 0.0715. The molecule has 0 aromatic heterocycles. The maximum atomic E-state index is 13.1. The number of aliphatic hydroxyl groups is 5. The van der Waals surface area contributed by atoms with E-state index in [-0.39, 0.29) is 12.8 Å². The van der Waals surface area contributed by atoms with E-state index in [1.54, 1.807) is 0 Å². The Morgan fingerprint density at radius 2 is 1.40 bits per heavy atom. The number of hydrogen-bond donors (Lipinski definition) is 11. The third kappa shape index (κ3) is 11.0. The molecular weight excluding hydrogens is 650 g/mol. The summed E-state index contributed by atoms with van der Waals surface area (Å²) in [6.07, 6.45) is -15.0. The summed E-state index contributed by atoms with van der Waals surface area (Å²) < 4.78 is 23.0. The summed E-state index contributed by atoms with van der Waals surface area (Å²) in [6.45, 7) is 3.04. The van der Waals surface area contributed by atoms with E-state index < -0.39 is 128 Å². The van der Waals surface area contributed by atoms with Crippen LogP contribution in [0.5, 0.6) is 0 Å². The topological polar surface area (TPSA) is 335 Å². The lowest BCUT2D eigenvalue weighted by Crippen LogP contribution is -2.70. The van der Waals surface area contributed by atoms with Crippen LogP contribution in [0.25, 0.3) is 0 Å². The maximum absolute atomic E-state index is 13.1. The summed E-state index contributed by atoms with van der Waals surface area (Å²) in [5, 5.41) is 70.2. The van der Waals surface area contributed by atoms with Gasteiger partial charge >= 0.3 is 5.97 Å². The molecule has 2 saturated heterocycles. The fraction of sp³-hybridized carbons (Fsp3) is 0.778. The van der Waals surface area contributed by atoms with E-state index in [1.807, 2.05) is 0 Å². The minimum Gasteiger partial charge on any atom is -0.480 e. The first-order valence-electron chi connectivity index (χ1n) is 15.0. The van der Waals surface area contributed by atoms with E-state index in [9.17, 15) is 59.4 Å². The molecule has 2 heterocycles. The van der Waals surface area contributed by atoms with Crippen molar-refractivity contribution in [2.45, 2.75) is 120 Å². The van der Waals surface area contributed by atoms with Gasteiger partial charge in [-0.2, -0.15) is 0 Å². The second-order valence-electron chi connectivity index (χ2n) is 11.4. The van der Waals surface area contributed by atoms with E-state index in [2.05, 4.69) is 21.3 Å². The predicted octanol–water partition coefficient (Wildman–Crippen LogP) is -6.36. The van der Waals surface area contributed by atoms with Gasteiger partial charge < -0.3 is 76.6 Å². The highest BCUT2D eigenvalue weighted by Crippen LogP contribution is 2.31. The Labute approximate surface area is 274 Å². The van der Waals surface area contributed by atoms with E-state index >= 15 is 0 Å². The summed E-state index contributed by atoms with van der Waals surface area (Å²) in [7, 11) is 0. The number of ether oxygens (including phenoxy) is 4. The molecule has 2 aliphatic rings. The summed E-state index contributed by atoms with van der Waals surface area (Å²) in [4.78, 5) is 72.3. The molecule has 0 saturated carbocycles. The number of carboxylic acids is 1. The molecule has 274 valence electrons. The van der Waals surface area contributed by atoms with E-state index in [0.717, 1.165) is 13.8 Å². The normalized spacial score (nSPS) is 32.2. The number of hydrogen-bond acceptors (Lipinski definition) is 15. The lowest BCUT2D eigenvalue weighted by molar-refractivity contribution is -0.333. The summed E-state index contributed by atoms with van der Waals surface area (Å²) in [5.74, 6) is -5.45. The van der Waals surface area contributed by atoms with Gasteiger partial charge in [0.25, 0.3) is 0 Å².